The van der Waals surface area contributed by atoms with Crippen molar-refractivity contribution in [1.29, 1.82) is 0 Å². The molecule has 0 aliphatic rings. The zero-order chi connectivity index (χ0) is 18.3. The molecule has 2 nitrogen and oxygen atoms in total. The molecule has 0 aliphatic carbocycles. The Morgan fingerprint density at radius 2 is 0.750 bits per heavy atom. The Bertz CT molecular complexity index is 223. The zero-order valence-electron chi connectivity index (χ0n) is 17.7. The average molecular weight is 375 g/mol. The van der Waals surface area contributed by atoms with Crippen molar-refractivity contribution >= 4 is 16.6 Å². The van der Waals surface area contributed by atoms with Gasteiger partial charge in [-0.15, -0.1) is 0 Å². The molecule has 0 saturated heterocycles. The normalized spacial score (nSPS) is 12.8. The van der Waals surface area contributed by atoms with Crippen LogP contribution in [0.5, 0.6) is 0 Å². The third-order valence-electron chi connectivity index (χ3n) is 5.24. The highest BCUT2D eigenvalue weighted by molar-refractivity contribution is 6.74. The fourth-order valence-electron chi connectivity index (χ4n) is 4.51. The molecule has 0 spiro atoms. The van der Waals surface area contributed by atoms with Crippen molar-refractivity contribution in [2.45, 2.75) is 116 Å². The van der Waals surface area contributed by atoms with E-state index in [-0.39, 0.29) is 0 Å². The Hall–Kier alpha value is 0.354. The van der Waals surface area contributed by atoms with Gasteiger partial charge in [-0.1, -0.05) is 66.2 Å². The van der Waals surface area contributed by atoms with Crippen LogP contribution in [-0.2, 0) is 8.85 Å². The summed E-state index contributed by atoms with van der Waals surface area (Å²) in [4.78, 5) is 0. The van der Waals surface area contributed by atoms with Crippen molar-refractivity contribution in [3.05, 3.63) is 0 Å². The predicted octanol–water partition coefficient (Wildman–Crippen LogP) is 7.37. The van der Waals surface area contributed by atoms with E-state index >= 15 is 0 Å². The van der Waals surface area contributed by atoms with Gasteiger partial charge >= 0.3 is 0 Å². The third-order valence-corrected chi connectivity index (χ3v) is 15.2. The van der Waals surface area contributed by atoms with E-state index in [2.05, 4.69) is 41.5 Å². The summed E-state index contributed by atoms with van der Waals surface area (Å²) < 4.78 is 12.8. The molecule has 0 aromatic heterocycles. The minimum atomic E-state index is -1.47. The Kier molecular flexibility index (Phi) is 14.7. The van der Waals surface area contributed by atoms with E-state index < -0.39 is 16.6 Å². The minimum absolute atomic E-state index is 0.912. The molecule has 146 valence electrons. The molecule has 0 saturated carbocycles. The van der Waals surface area contributed by atoms with Crippen LogP contribution in [0.25, 0.3) is 0 Å². The molecule has 24 heavy (non-hydrogen) atoms. The number of hydrogen-bond acceptors (Lipinski definition) is 2. The molecular formula is C20H46O2Si2. The van der Waals surface area contributed by atoms with Crippen LogP contribution in [0.15, 0.2) is 0 Å². The maximum atomic E-state index is 6.40. The van der Waals surface area contributed by atoms with Gasteiger partial charge in [0, 0.05) is 13.2 Å². The van der Waals surface area contributed by atoms with Crippen LogP contribution in [0.3, 0.4) is 0 Å². The lowest BCUT2D eigenvalue weighted by atomic mass is 10.4. The van der Waals surface area contributed by atoms with Crippen LogP contribution in [0.1, 0.15) is 80.1 Å². The summed E-state index contributed by atoms with van der Waals surface area (Å²) in [6.07, 6.45) is 7.87. The second-order valence-electron chi connectivity index (χ2n) is 7.44. The molecule has 0 rings (SSSR count). The fourth-order valence-corrected chi connectivity index (χ4v) is 13.5. The van der Waals surface area contributed by atoms with Crippen LogP contribution in [-0.4, -0.2) is 29.8 Å². The van der Waals surface area contributed by atoms with Gasteiger partial charge in [-0.05, 0) is 50.1 Å². The highest BCUT2D eigenvalue weighted by atomic mass is 28.4. The highest BCUT2D eigenvalue weighted by Gasteiger charge is 2.34. The van der Waals surface area contributed by atoms with E-state index in [1.54, 1.807) is 0 Å². The highest BCUT2D eigenvalue weighted by Crippen LogP contribution is 2.32. The van der Waals surface area contributed by atoms with Gasteiger partial charge in [0.15, 0.2) is 16.6 Å². The Labute approximate surface area is 155 Å². The molecule has 0 N–H and O–H groups in total. The van der Waals surface area contributed by atoms with Crippen molar-refractivity contribution < 1.29 is 8.85 Å². The summed E-state index contributed by atoms with van der Waals surface area (Å²) in [5.74, 6) is 0. The summed E-state index contributed by atoms with van der Waals surface area (Å²) in [7, 11) is -2.95. The SMILES string of the molecule is CCC[Si](CCC)(CCCC[Si](CCC)(CCC)OCC)OCC. The van der Waals surface area contributed by atoms with Gasteiger partial charge in [0.1, 0.15) is 0 Å². The topological polar surface area (TPSA) is 18.5 Å². The van der Waals surface area contributed by atoms with E-state index in [0.29, 0.717) is 0 Å². The second-order valence-corrected chi connectivity index (χ2v) is 15.7. The van der Waals surface area contributed by atoms with Crippen LogP contribution in [0.4, 0.5) is 0 Å². The maximum absolute atomic E-state index is 6.40. The summed E-state index contributed by atoms with van der Waals surface area (Å²) in [5, 5.41) is 0. The first-order valence-electron chi connectivity index (χ1n) is 10.8. The van der Waals surface area contributed by atoms with E-state index in [9.17, 15) is 0 Å². The molecular weight excluding hydrogens is 328 g/mol. The van der Waals surface area contributed by atoms with E-state index in [0.717, 1.165) is 13.2 Å². The summed E-state index contributed by atoms with van der Waals surface area (Å²) in [6.45, 7) is 15.5. The largest absolute Gasteiger partial charge is 0.417 e. The smallest absolute Gasteiger partial charge is 0.192 e. The van der Waals surface area contributed by atoms with Crippen molar-refractivity contribution in [3.63, 3.8) is 0 Å². The molecule has 0 amide bonds. The quantitative estimate of drug-likeness (QED) is 0.195. The van der Waals surface area contributed by atoms with Crippen molar-refractivity contribution in [1.82, 2.24) is 0 Å². The van der Waals surface area contributed by atoms with E-state index in [4.69, 9.17) is 8.85 Å². The summed E-state index contributed by atoms with van der Waals surface area (Å²) >= 11 is 0. The lowest BCUT2D eigenvalue weighted by Crippen LogP contribution is -2.39. The summed E-state index contributed by atoms with van der Waals surface area (Å²) in [6, 6.07) is 8.16. The average Bonchev–Trinajstić information content (AvgIpc) is 2.53. The first-order chi connectivity index (χ1) is 11.6. The van der Waals surface area contributed by atoms with Crippen LogP contribution >= 0.6 is 0 Å². The number of unbranched alkanes of at least 4 members (excludes halogenated alkanes) is 1. The fraction of sp³-hybridized carbons (Fsp3) is 1.00. The second kappa shape index (κ2) is 14.5. The van der Waals surface area contributed by atoms with Crippen LogP contribution in [0, 0.1) is 0 Å². The van der Waals surface area contributed by atoms with Crippen molar-refractivity contribution in [3.8, 4) is 0 Å². The molecule has 0 aromatic carbocycles. The van der Waals surface area contributed by atoms with Gasteiger partial charge < -0.3 is 8.85 Å². The third kappa shape index (κ3) is 9.16. The predicted molar refractivity (Wildman–Crippen MR) is 114 cm³/mol. The first kappa shape index (κ1) is 24.4. The molecule has 0 unspecified atom stereocenters. The molecule has 0 fully saturated rings. The van der Waals surface area contributed by atoms with Crippen LogP contribution in [0.2, 0.25) is 36.3 Å². The molecule has 0 aliphatic heterocycles. The van der Waals surface area contributed by atoms with Gasteiger partial charge in [-0.3, -0.25) is 0 Å². The van der Waals surface area contributed by atoms with Gasteiger partial charge in [-0.25, -0.2) is 0 Å². The van der Waals surface area contributed by atoms with Gasteiger partial charge in [0.05, 0.1) is 0 Å². The number of hydrogen-bond donors (Lipinski definition) is 0. The lowest BCUT2D eigenvalue weighted by Gasteiger charge is -2.33. The van der Waals surface area contributed by atoms with Crippen molar-refractivity contribution in [2.75, 3.05) is 13.2 Å². The Morgan fingerprint density at radius 3 is 0.958 bits per heavy atom. The van der Waals surface area contributed by atoms with E-state index in [1.165, 1.54) is 74.8 Å². The minimum Gasteiger partial charge on any atom is -0.417 e. The standard InChI is InChI=1S/C20H46O2Si2/c1-7-15-23(16-8-2,21-11-5)19-13-14-20-24(17-9-3,18-10-4)22-12-6/h7-20H2,1-6H3. The van der Waals surface area contributed by atoms with Gasteiger partial charge in [0.25, 0.3) is 0 Å². The monoisotopic (exact) mass is 374 g/mol. The molecule has 0 heterocycles. The van der Waals surface area contributed by atoms with Gasteiger partial charge in [-0.2, -0.15) is 0 Å². The van der Waals surface area contributed by atoms with Crippen LogP contribution < -0.4 is 0 Å². The molecule has 0 atom stereocenters. The Balaban J connectivity index is 4.64. The van der Waals surface area contributed by atoms with Gasteiger partial charge in [0.2, 0.25) is 0 Å². The molecule has 0 bridgehead atoms. The molecule has 0 radical (unpaired) electrons. The number of rotatable bonds is 17. The first-order valence-corrected chi connectivity index (χ1v) is 15.9. The maximum Gasteiger partial charge on any atom is 0.192 e. The zero-order valence-corrected chi connectivity index (χ0v) is 19.7. The Morgan fingerprint density at radius 1 is 0.458 bits per heavy atom. The molecule has 4 heteroatoms. The summed E-state index contributed by atoms with van der Waals surface area (Å²) in [5.41, 5.74) is 0. The van der Waals surface area contributed by atoms with Crippen molar-refractivity contribution in [2.24, 2.45) is 0 Å². The molecule has 0 aromatic rings. The lowest BCUT2D eigenvalue weighted by molar-refractivity contribution is 0.311. The van der Waals surface area contributed by atoms with E-state index in [1.807, 2.05) is 0 Å².